The lowest BCUT2D eigenvalue weighted by Gasteiger charge is -2.25. The van der Waals surface area contributed by atoms with Gasteiger partial charge in [0, 0.05) is 16.3 Å². The minimum Gasteiger partial charge on any atom is -0.478 e. The Labute approximate surface area is 193 Å². The molecule has 8 heteroatoms. The Balaban J connectivity index is 1.53. The number of carbonyl (C=O) groups excluding carboxylic acids is 1. The van der Waals surface area contributed by atoms with Gasteiger partial charge in [0.1, 0.15) is 11.3 Å². The maximum Gasteiger partial charge on any atom is 0.267 e. The zero-order valence-electron chi connectivity index (χ0n) is 16.6. The molecule has 158 valence electrons. The van der Waals surface area contributed by atoms with Gasteiger partial charge in [-0.15, -0.1) is 0 Å². The third-order valence-corrected chi connectivity index (χ3v) is 5.54. The summed E-state index contributed by atoms with van der Waals surface area (Å²) in [7, 11) is 0. The van der Waals surface area contributed by atoms with E-state index in [1.807, 2.05) is 0 Å². The number of nitrogens with zero attached hydrogens (tertiary/aromatic N) is 1. The highest BCUT2D eigenvalue weighted by molar-refractivity contribution is 6.42. The number of nitrogens with one attached hydrogen (secondary N) is 1. The molecule has 0 unspecified atom stereocenters. The number of carbonyl (C=O) groups is 1. The molecule has 0 aliphatic rings. The number of rotatable bonds is 5. The van der Waals surface area contributed by atoms with Gasteiger partial charge in [-0.3, -0.25) is 4.79 Å². The molecule has 1 heterocycles. The van der Waals surface area contributed by atoms with E-state index < -0.39 is 5.60 Å². The predicted molar refractivity (Wildman–Crippen MR) is 124 cm³/mol. The first-order valence-corrected chi connectivity index (χ1v) is 10.5. The lowest BCUT2D eigenvalue weighted by molar-refractivity contribution is -0.128. The van der Waals surface area contributed by atoms with E-state index in [1.165, 1.54) is 0 Å². The summed E-state index contributed by atoms with van der Waals surface area (Å²) in [6.45, 7) is 3.38. The van der Waals surface area contributed by atoms with Crippen molar-refractivity contribution in [2.75, 3.05) is 5.32 Å². The Morgan fingerprint density at radius 3 is 2.42 bits per heavy atom. The zero-order valence-corrected chi connectivity index (χ0v) is 18.8. The number of anilines is 1. The van der Waals surface area contributed by atoms with Crippen LogP contribution in [0.15, 0.2) is 65.1 Å². The molecule has 31 heavy (non-hydrogen) atoms. The van der Waals surface area contributed by atoms with Crippen molar-refractivity contribution in [1.82, 2.24) is 4.98 Å². The van der Waals surface area contributed by atoms with Crippen LogP contribution in [0.4, 0.5) is 5.69 Å². The van der Waals surface area contributed by atoms with E-state index >= 15 is 0 Å². The van der Waals surface area contributed by atoms with Crippen LogP contribution in [-0.4, -0.2) is 16.5 Å². The molecule has 0 aliphatic heterocycles. The van der Waals surface area contributed by atoms with Gasteiger partial charge in [-0.25, -0.2) is 4.98 Å². The van der Waals surface area contributed by atoms with Crippen LogP contribution in [0.5, 0.6) is 5.75 Å². The largest absolute Gasteiger partial charge is 0.478 e. The van der Waals surface area contributed by atoms with Crippen molar-refractivity contribution in [3.63, 3.8) is 0 Å². The lowest BCUT2D eigenvalue weighted by Crippen LogP contribution is -2.42. The molecule has 0 atom stereocenters. The molecule has 4 rings (SSSR count). The van der Waals surface area contributed by atoms with Gasteiger partial charge in [-0.1, -0.05) is 34.8 Å². The maximum absolute atomic E-state index is 12.8. The van der Waals surface area contributed by atoms with Crippen LogP contribution in [0.25, 0.3) is 22.6 Å². The molecule has 0 saturated carbocycles. The summed E-state index contributed by atoms with van der Waals surface area (Å²) in [4.78, 5) is 17.3. The molecule has 1 amide bonds. The number of amides is 1. The van der Waals surface area contributed by atoms with E-state index in [1.54, 1.807) is 74.5 Å². The van der Waals surface area contributed by atoms with Gasteiger partial charge in [0.25, 0.3) is 5.91 Å². The van der Waals surface area contributed by atoms with Gasteiger partial charge < -0.3 is 14.5 Å². The number of ether oxygens (including phenoxy) is 1. The fraction of sp³-hybridized carbons (Fsp3) is 0.130. The molecule has 0 saturated heterocycles. The number of hydrogen-bond acceptors (Lipinski definition) is 4. The molecule has 0 aliphatic carbocycles. The molecule has 0 radical (unpaired) electrons. The van der Waals surface area contributed by atoms with Crippen LogP contribution in [0.1, 0.15) is 13.8 Å². The summed E-state index contributed by atoms with van der Waals surface area (Å²) in [5.74, 6) is 0.640. The molecule has 0 spiro atoms. The van der Waals surface area contributed by atoms with Gasteiger partial charge in [-0.05, 0) is 74.5 Å². The predicted octanol–water partition coefficient (Wildman–Crippen LogP) is 7.25. The van der Waals surface area contributed by atoms with Crippen LogP contribution in [0, 0.1) is 0 Å². The van der Waals surface area contributed by atoms with Gasteiger partial charge >= 0.3 is 0 Å². The van der Waals surface area contributed by atoms with Crippen molar-refractivity contribution in [2.24, 2.45) is 0 Å². The normalized spacial score (nSPS) is 11.5. The molecular formula is C23H17Cl3N2O3. The smallest absolute Gasteiger partial charge is 0.267 e. The SMILES string of the molecule is CC(C)(Oc1ccc(Cl)cc1)C(=O)Nc1ccc2oc(-c3ccc(Cl)c(Cl)c3)nc2c1. The van der Waals surface area contributed by atoms with Crippen molar-refractivity contribution >= 4 is 57.5 Å². The van der Waals surface area contributed by atoms with Crippen LogP contribution in [0.2, 0.25) is 15.1 Å². The standard InChI is InChI=1S/C23H17Cl3N2O3/c1-23(2,31-16-7-4-14(24)5-8-16)22(29)27-15-6-10-20-19(12-15)28-21(30-20)13-3-9-17(25)18(26)11-13/h3-12H,1-2H3,(H,27,29). The average Bonchev–Trinajstić information content (AvgIpc) is 3.15. The van der Waals surface area contributed by atoms with Crippen LogP contribution in [-0.2, 0) is 4.79 Å². The highest BCUT2D eigenvalue weighted by Crippen LogP contribution is 2.31. The second kappa shape index (κ2) is 8.42. The first-order chi connectivity index (χ1) is 14.7. The van der Waals surface area contributed by atoms with Crippen LogP contribution >= 0.6 is 34.8 Å². The summed E-state index contributed by atoms with van der Waals surface area (Å²) >= 11 is 18.0. The van der Waals surface area contributed by atoms with Gasteiger partial charge in [0.05, 0.1) is 10.0 Å². The number of hydrogen-bond donors (Lipinski definition) is 1. The third-order valence-electron chi connectivity index (χ3n) is 4.55. The van der Waals surface area contributed by atoms with Crippen molar-refractivity contribution < 1.29 is 13.9 Å². The lowest BCUT2D eigenvalue weighted by atomic mass is 10.1. The number of oxazole rings is 1. The fourth-order valence-corrected chi connectivity index (χ4v) is 3.31. The second-order valence-corrected chi connectivity index (χ2v) is 8.60. The van der Waals surface area contributed by atoms with Crippen molar-refractivity contribution in [1.29, 1.82) is 0 Å². The quantitative estimate of drug-likeness (QED) is 0.330. The molecule has 3 aromatic carbocycles. The minimum absolute atomic E-state index is 0.310. The second-order valence-electron chi connectivity index (χ2n) is 7.35. The number of halogens is 3. The summed E-state index contributed by atoms with van der Waals surface area (Å²) in [5, 5.41) is 4.32. The van der Waals surface area contributed by atoms with E-state index in [4.69, 9.17) is 44.0 Å². The third kappa shape index (κ3) is 4.79. The van der Waals surface area contributed by atoms with Crippen LogP contribution in [0.3, 0.4) is 0 Å². The molecule has 0 bridgehead atoms. The summed E-state index contributed by atoms with van der Waals surface area (Å²) in [6.07, 6.45) is 0. The molecule has 0 fully saturated rings. The Bertz CT molecular complexity index is 1270. The van der Waals surface area contributed by atoms with Gasteiger partial charge in [0.2, 0.25) is 5.89 Å². The number of aromatic nitrogens is 1. The first-order valence-electron chi connectivity index (χ1n) is 9.33. The van der Waals surface area contributed by atoms with Crippen molar-refractivity contribution in [2.45, 2.75) is 19.4 Å². The Morgan fingerprint density at radius 1 is 0.968 bits per heavy atom. The topological polar surface area (TPSA) is 64.4 Å². The Kier molecular flexibility index (Phi) is 5.84. The van der Waals surface area contributed by atoms with E-state index in [0.29, 0.717) is 49.1 Å². The summed E-state index contributed by atoms with van der Waals surface area (Å²) in [5.41, 5.74) is 1.33. The van der Waals surface area contributed by atoms with E-state index in [9.17, 15) is 4.79 Å². The first kappa shape index (κ1) is 21.5. The molecule has 4 aromatic rings. The Morgan fingerprint density at radius 2 is 1.71 bits per heavy atom. The van der Waals surface area contributed by atoms with Gasteiger partial charge in [0.15, 0.2) is 11.2 Å². The molecule has 1 aromatic heterocycles. The summed E-state index contributed by atoms with van der Waals surface area (Å²) in [6, 6.07) is 17.2. The van der Waals surface area contributed by atoms with E-state index in [-0.39, 0.29) is 5.91 Å². The molecule has 5 nitrogen and oxygen atoms in total. The van der Waals surface area contributed by atoms with E-state index in [0.717, 1.165) is 0 Å². The minimum atomic E-state index is -1.11. The number of benzene rings is 3. The molecular weight excluding hydrogens is 459 g/mol. The van der Waals surface area contributed by atoms with E-state index in [2.05, 4.69) is 10.3 Å². The highest BCUT2D eigenvalue weighted by atomic mass is 35.5. The van der Waals surface area contributed by atoms with Crippen LogP contribution < -0.4 is 10.1 Å². The summed E-state index contributed by atoms with van der Waals surface area (Å²) < 4.78 is 11.6. The fourth-order valence-electron chi connectivity index (χ4n) is 2.88. The number of fused-ring (bicyclic) bond motifs is 1. The highest BCUT2D eigenvalue weighted by Gasteiger charge is 2.30. The maximum atomic E-state index is 12.8. The van der Waals surface area contributed by atoms with Crippen molar-refractivity contribution in [3.05, 3.63) is 75.7 Å². The average molecular weight is 476 g/mol. The zero-order chi connectivity index (χ0) is 22.2. The Hall–Kier alpha value is -2.73. The monoisotopic (exact) mass is 474 g/mol. The van der Waals surface area contributed by atoms with Crippen molar-refractivity contribution in [3.8, 4) is 17.2 Å². The van der Waals surface area contributed by atoms with Gasteiger partial charge in [-0.2, -0.15) is 0 Å². The molecule has 1 N–H and O–H groups in total.